The van der Waals surface area contributed by atoms with Gasteiger partial charge in [0, 0.05) is 43.9 Å². The summed E-state index contributed by atoms with van der Waals surface area (Å²) in [7, 11) is 0. The van der Waals surface area contributed by atoms with Crippen LogP contribution in [0.2, 0.25) is 0 Å². The molecule has 2 rings (SSSR count). The van der Waals surface area contributed by atoms with Crippen LogP contribution in [0.3, 0.4) is 0 Å². The van der Waals surface area contributed by atoms with Gasteiger partial charge in [0.15, 0.2) is 0 Å². The molecule has 2 N–H and O–H groups in total. The Hall–Kier alpha value is -0.950. The summed E-state index contributed by atoms with van der Waals surface area (Å²) in [4.78, 5) is 16.1. The van der Waals surface area contributed by atoms with Crippen LogP contribution in [-0.4, -0.2) is 47.4 Å². The van der Waals surface area contributed by atoms with Gasteiger partial charge in [0.1, 0.15) is 11.6 Å². The Balaban J connectivity index is 0.00000288. The second-order valence-corrected chi connectivity index (χ2v) is 6.64. The van der Waals surface area contributed by atoms with E-state index in [0.29, 0.717) is 31.7 Å². The maximum Gasteiger partial charge on any atom is 0.242 e. The molecule has 1 aromatic carbocycles. The van der Waals surface area contributed by atoms with Gasteiger partial charge in [-0.05, 0) is 26.3 Å². The molecule has 4 nitrogen and oxygen atoms in total. The second-order valence-electron chi connectivity index (χ2n) is 6.64. The Morgan fingerprint density at radius 3 is 2.20 bits per heavy atom. The quantitative estimate of drug-likeness (QED) is 0.848. The van der Waals surface area contributed by atoms with Crippen molar-refractivity contribution in [3.63, 3.8) is 0 Å². The summed E-state index contributed by atoms with van der Waals surface area (Å²) in [6.07, 6.45) is 0.721. The molecule has 0 saturated carbocycles. The third-order valence-corrected chi connectivity index (χ3v) is 4.30. The van der Waals surface area contributed by atoms with Crippen LogP contribution >= 0.6 is 24.8 Å². The van der Waals surface area contributed by atoms with Crippen molar-refractivity contribution in [1.29, 1.82) is 0 Å². The van der Waals surface area contributed by atoms with E-state index in [9.17, 15) is 13.6 Å². The van der Waals surface area contributed by atoms with Crippen LogP contribution in [0.4, 0.5) is 8.78 Å². The SMILES string of the molecule is CCC(c1ccc(F)cc1F)N1CCN(C(=O)C(C)(C)N)CC1.Cl.Cl. The number of benzene rings is 1. The van der Waals surface area contributed by atoms with Gasteiger partial charge in [0.25, 0.3) is 0 Å². The predicted octanol–water partition coefficient (Wildman–Crippen LogP) is 3.14. The highest BCUT2D eigenvalue weighted by Crippen LogP contribution is 2.28. The molecule has 1 aliphatic rings. The van der Waals surface area contributed by atoms with E-state index in [1.165, 1.54) is 12.1 Å². The summed E-state index contributed by atoms with van der Waals surface area (Å²) >= 11 is 0. The third kappa shape index (κ3) is 5.78. The van der Waals surface area contributed by atoms with E-state index in [4.69, 9.17) is 5.73 Å². The number of hydrogen-bond acceptors (Lipinski definition) is 3. The zero-order valence-corrected chi connectivity index (χ0v) is 16.4. The Morgan fingerprint density at radius 2 is 1.76 bits per heavy atom. The normalized spacial score (nSPS) is 16.6. The summed E-state index contributed by atoms with van der Waals surface area (Å²) in [6, 6.07) is 3.62. The van der Waals surface area contributed by atoms with Crippen molar-refractivity contribution >= 4 is 30.7 Å². The minimum absolute atomic E-state index is 0. The maximum absolute atomic E-state index is 14.1. The smallest absolute Gasteiger partial charge is 0.242 e. The number of hydrogen-bond donors (Lipinski definition) is 1. The molecule has 0 aliphatic carbocycles. The Morgan fingerprint density at radius 1 is 1.20 bits per heavy atom. The molecule has 0 aromatic heterocycles. The van der Waals surface area contributed by atoms with Gasteiger partial charge < -0.3 is 10.6 Å². The lowest BCUT2D eigenvalue weighted by atomic mass is 10.00. The number of nitrogens with zero attached hydrogens (tertiary/aromatic N) is 2. The highest BCUT2D eigenvalue weighted by Gasteiger charge is 2.32. The summed E-state index contributed by atoms with van der Waals surface area (Å²) in [5.74, 6) is -1.15. The largest absolute Gasteiger partial charge is 0.339 e. The van der Waals surface area contributed by atoms with E-state index in [0.717, 1.165) is 12.5 Å². The molecule has 1 unspecified atom stereocenters. The van der Waals surface area contributed by atoms with Crippen LogP contribution < -0.4 is 5.73 Å². The molecule has 8 heteroatoms. The van der Waals surface area contributed by atoms with Gasteiger partial charge in [-0.15, -0.1) is 24.8 Å². The highest BCUT2D eigenvalue weighted by molar-refractivity contribution is 5.86. The molecule has 1 amide bonds. The number of carbonyl (C=O) groups is 1. The van der Waals surface area contributed by atoms with Crippen LogP contribution in [0.1, 0.15) is 38.8 Å². The van der Waals surface area contributed by atoms with Gasteiger partial charge in [0.2, 0.25) is 5.91 Å². The van der Waals surface area contributed by atoms with Gasteiger partial charge in [-0.3, -0.25) is 9.69 Å². The molecule has 1 saturated heterocycles. The molecule has 1 heterocycles. The number of rotatable bonds is 4. The van der Waals surface area contributed by atoms with Crippen LogP contribution in [0.25, 0.3) is 0 Å². The zero-order valence-electron chi connectivity index (χ0n) is 14.8. The number of piperazine rings is 1. The molecule has 1 aliphatic heterocycles. The number of halogens is 4. The molecule has 1 aromatic rings. The van der Waals surface area contributed by atoms with Crippen molar-refractivity contribution in [1.82, 2.24) is 9.80 Å². The van der Waals surface area contributed by atoms with E-state index in [1.54, 1.807) is 18.7 Å². The fraction of sp³-hybridized carbons (Fsp3) is 0.588. The van der Waals surface area contributed by atoms with E-state index in [-0.39, 0.29) is 36.8 Å². The first kappa shape index (κ1) is 24.1. The van der Waals surface area contributed by atoms with E-state index in [2.05, 4.69) is 4.90 Å². The number of nitrogens with two attached hydrogens (primary N) is 1. The summed E-state index contributed by atoms with van der Waals surface area (Å²) in [5, 5.41) is 0. The predicted molar refractivity (Wildman–Crippen MR) is 100 cm³/mol. The van der Waals surface area contributed by atoms with Crippen LogP contribution in [-0.2, 0) is 4.79 Å². The van der Waals surface area contributed by atoms with Gasteiger partial charge in [-0.2, -0.15) is 0 Å². The zero-order chi connectivity index (χ0) is 17.2. The van der Waals surface area contributed by atoms with Crippen LogP contribution in [0.5, 0.6) is 0 Å². The molecule has 0 spiro atoms. The lowest BCUT2D eigenvalue weighted by Gasteiger charge is -2.41. The monoisotopic (exact) mass is 397 g/mol. The molecule has 0 bridgehead atoms. The highest BCUT2D eigenvalue weighted by atomic mass is 35.5. The van der Waals surface area contributed by atoms with Crippen molar-refractivity contribution in [2.75, 3.05) is 26.2 Å². The van der Waals surface area contributed by atoms with Gasteiger partial charge in [-0.25, -0.2) is 8.78 Å². The first-order valence-corrected chi connectivity index (χ1v) is 8.01. The minimum atomic E-state index is -0.880. The van der Waals surface area contributed by atoms with E-state index in [1.807, 2.05) is 6.92 Å². The second kappa shape index (κ2) is 9.67. The average molecular weight is 398 g/mol. The average Bonchev–Trinajstić information content (AvgIpc) is 2.49. The Bertz CT molecular complexity index is 574. The van der Waals surface area contributed by atoms with Crippen molar-refractivity contribution < 1.29 is 13.6 Å². The molecule has 144 valence electrons. The summed E-state index contributed by atoms with van der Waals surface area (Å²) in [6.45, 7) is 7.81. The standard InChI is InChI=1S/C17H25F2N3O.2ClH/c1-4-15(13-6-5-12(18)11-14(13)19)21-7-9-22(10-8-21)16(23)17(2,3)20;;/h5-6,11,15H,4,7-10,20H2,1-3H3;2*1H. The third-order valence-electron chi connectivity index (χ3n) is 4.30. The number of amides is 1. The summed E-state index contributed by atoms with van der Waals surface area (Å²) in [5.41, 5.74) is 5.49. The molecule has 0 radical (unpaired) electrons. The first-order chi connectivity index (χ1) is 10.7. The van der Waals surface area contributed by atoms with Gasteiger partial charge in [-0.1, -0.05) is 13.0 Å². The topological polar surface area (TPSA) is 49.6 Å². The first-order valence-electron chi connectivity index (χ1n) is 8.01. The van der Waals surface area contributed by atoms with Crippen molar-refractivity contribution in [2.24, 2.45) is 5.73 Å². The molecule has 25 heavy (non-hydrogen) atoms. The fourth-order valence-electron chi connectivity index (χ4n) is 3.09. The fourth-order valence-corrected chi connectivity index (χ4v) is 3.09. The van der Waals surface area contributed by atoms with Gasteiger partial charge in [0.05, 0.1) is 5.54 Å². The maximum atomic E-state index is 14.1. The number of carbonyl (C=O) groups excluding carboxylic acids is 1. The molecule has 1 atom stereocenters. The molecular formula is C17H27Cl2F2N3O. The summed E-state index contributed by atoms with van der Waals surface area (Å²) < 4.78 is 27.2. The Labute approximate surface area is 160 Å². The lowest BCUT2D eigenvalue weighted by Crippen LogP contribution is -2.57. The van der Waals surface area contributed by atoms with Gasteiger partial charge >= 0.3 is 0 Å². The van der Waals surface area contributed by atoms with E-state index >= 15 is 0 Å². The van der Waals surface area contributed by atoms with Crippen molar-refractivity contribution in [2.45, 2.75) is 38.8 Å². The van der Waals surface area contributed by atoms with Crippen molar-refractivity contribution in [3.05, 3.63) is 35.4 Å². The Kier molecular flexibility index (Phi) is 9.30. The molecular weight excluding hydrogens is 371 g/mol. The molecule has 1 fully saturated rings. The van der Waals surface area contributed by atoms with Crippen LogP contribution in [0, 0.1) is 11.6 Å². The van der Waals surface area contributed by atoms with Crippen molar-refractivity contribution in [3.8, 4) is 0 Å². The lowest BCUT2D eigenvalue weighted by molar-refractivity contribution is -0.137. The van der Waals surface area contributed by atoms with E-state index < -0.39 is 17.2 Å². The minimum Gasteiger partial charge on any atom is -0.339 e. The van der Waals surface area contributed by atoms with Crippen LogP contribution in [0.15, 0.2) is 18.2 Å².